The zero-order valence-electron chi connectivity index (χ0n) is 10.1. The molecule has 1 unspecified atom stereocenters. The van der Waals surface area contributed by atoms with Crippen LogP contribution < -0.4 is 5.73 Å². The molecule has 0 radical (unpaired) electrons. The van der Waals surface area contributed by atoms with Gasteiger partial charge < -0.3 is 10.6 Å². The first-order valence-corrected chi connectivity index (χ1v) is 7.41. The molecule has 5 heteroatoms. The highest BCUT2D eigenvalue weighted by Crippen LogP contribution is 1.98. The van der Waals surface area contributed by atoms with Crippen LogP contribution in [-0.4, -0.2) is 50.5 Å². The van der Waals surface area contributed by atoms with E-state index >= 15 is 0 Å². The van der Waals surface area contributed by atoms with Crippen LogP contribution in [-0.2, 0) is 9.84 Å². The van der Waals surface area contributed by atoms with Gasteiger partial charge in [-0.2, -0.15) is 0 Å². The minimum absolute atomic E-state index is 0.0340. The van der Waals surface area contributed by atoms with Crippen LogP contribution in [0.3, 0.4) is 0 Å². The molecule has 0 aromatic rings. The second-order valence-corrected chi connectivity index (χ2v) is 6.25. The highest BCUT2D eigenvalue weighted by molar-refractivity contribution is 7.91. The molecule has 0 aliphatic carbocycles. The summed E-state index contributed by atoms with van der Waals surface area (Å²) in [6.07, 6.45) is 0.556. The highest BCUT2D eigenvalue weighted by Gasteiger charge is 2.13. The summed E-state index contributed by atoms with van der Waals surface area (Å²) in [5, 5.41) is 0. The Hall–Kier alpha value is -0.130. The summed E-state index contributed by atoms with van der Waals surface area (Å²) in [4.78, 5) is 2.11. The Morgan fingerprint density at radius 3 is 2.13 bits per heavy atom. The molecule has 1 atom stereocenters. The number of rotatable bonds is 8. The lowest BCUT2D eigenvalue weighted by molar-refractivity contribution is 0.321. The molecule has 0 aromatic carbocycles. The number of sulfone groups is 1. The van der Waals surface area contributed by atoms with Crippen LogP contribution in [0.15, 0.2) is 0 Å². The summed E-state index contributed by atoms with van der Waals surface area (Å²) in [7, 11) is -2.91. The Morgan fingerprint density at radius 1 is 1.20 bits per heavy atom. The fourth-order valence-electron chi connectivity index (χ4n) is 1.28. The van der Waals surface area contributed by atoms with Crippen molar-refractivity contribution in [1.82, 2.24) is 4.90 Å². The molecule has 0 saturated heterocycles. The average Bonchev–Trinajstić information content (AvgIpc) is 2.17. The summed E-state index contributed by atoms with van der Waals surface area (Å²) in [6, 6.07) is -0.0340. The van der Waals surface area contributed by atoms with Gasteiger partial charge in [-0.3, -0.25) is 0 Å². The Labute approximate surface area is 93.7 Å². The summed E-state index contributed by atoms with van der Waals surface area (Å²) in [6.45, 7) is 8.35. The minimum Gasteiger partial charge on any atom is -0.328 e. The normalized spacial score (nSPS) is 14.5. The third kappa shape index (κ3) is 7.76. The van der Waals surface area contributed by atoms with Gasteiger partial charge in [0.05, 0.1) is 11.5 Å². The first-order valence-electron chi connectivity index (χ1n) is 5.59. The molecule has 0 spiro atoms. The SMILES string of the molecule is CCN(CC)CCS(=O)(=O)CCC(C)N. The lowest BCUT2D eigenvalue weighted by atomic mass is 10.3. The number of hydrogen-bond donors (Lipinski definition) is 1. The maximum atomic E-state index is 11.6. The first-order chi connectivity index (χ1) is 6.91. The number of nitrogens with two attached hydrogens (primary N) is 1. The molecule has 2 N–H and O–H groups in total. The van der Waals surface area contributed by atoms with E-state index in [1.807, 2.05) is 20.8 Å². The van der Waals surface area contributed by atoms with E-state index in [4.69, 9.17) is 5.73 Å². The summed E-state index contributed by atoms with van der Waals surface area (Å²) in [5.74, 6) is 0.466. The third-order valence-electron chi connectivity index (χ3n) is 2.50. The molecular weight excluding hydrogens is 212 g/mol. The Bertz CT molecular complexity index is 246. The number of nitrogens with zero attached hydrogens (tertiary/aromatic N) is 1. The second kappa shape index (κ2) is 7.19. The molecule has 0 amide bonds. The molecule has 4 nitrogen and oxygen atoms in total. The van der Waals surface area contributed by atoms with E-state index in [0.717, 1.165) is 13.1 Å². The van der Waals surface area contributed by atoms with Gasteiger partial charge >= 0.3 is 0 Å². The molecule has 0 rings (SSSR count). The van der Waals surface area contributed by atoms with E-state index in [-0.39, 0.29) is 17.5 Å². The van der Waals surface area contributed by atoms with Gasteiger partial charge in [0, 0.05) is 12.6 Å². The van der Waals surface area contributed by atoms with Crippen LogP contribution in [0.1, 0.15) is 27.2 Å². The smallest absolute Gasteiger partial charge is 0.151 e. The maximum absolute atomic E-state index is 11.6. The molecule has 15 heavy (non-hydrogen) atoms. The van der Waals surface area contributed by atoms with E-state index in [0.29, 0.717) is 13.0 Å². The molecule has 0 aliphatic rings. The summed E-state index contributed by atoms with van der Waals surface area (Å²) < 4.78 is 23.2. The van der Waals surface area contributed by atoms with Crippen molar-refractivity contribution >= 4 is 9.84 Å². The van der Waals surface area contributed by atoms with Gasteiger partial charge in [0.15, 0.2) is 9.84 Å². The maximum Gasteiger partial charge on any atom is 0.151 e. The third-order valence-corrected chi connectivity index (χ3v) is 4.16. The minimum atomic E-state index is -2.91. The molecule has 92 valence electrons. The van der Waals surface area contributed by atoms with Crippen molar-refractivity contribution in [3.8, 4) is 0 Å². The van der Waals surface area contributed by atoms with Gasteiger partial charge in [0.25, 0.3) is 0 Å². The van der Waals surface area contributed by atoms with Crippen molar-refractivity contribution in [3.63, 3.8) is 0 Å². The largest absolute Gasteiger partial charge is 0.328 e. The van der Waals surface area contributed by atoms with E-state index < -0.39 is 9.84 Å². The van der Waals surface area contributed by atoms with Crippen LogP contribution in [0.2, 0.25) is 0 Å². The monoisotopic (exact) mass is 236 g/mol. The molecule has 0 saturated carbocycles. The Balaban J connectivity index is 3.93. The first kappa shape index (κ1) is 14.9. The lowest BCUT2D eigenvalue weighted by Gasteiger charge is -2.17. The Kier molecular flexibility index (Phi) is 7.13. The molecule has 0 fully saturated rings. The summed E-state index contributed by atoms with van der Waals surface area (Å²) in [5.41, 5.74) is 5.53. The zero-order chi connectivity index (χ0) is 11.9. The van der Waals surface area contributed by atoms with Gasteiger partial charge in [-0.15, -0.1) is 0 Å². The molecule has 0 aromatic heterocycles. The van der Waals surface area contributed by atoms with Crippen molar-refractivity contribution in [2.24, 2.45) is 5.73 Å². The van der Waals surface area contributed by atoms with Crippen LogP contribution >= 0.6 is 0 Å². The lowest BCUT2D eigenvalue weighted by Crippen LogP contribution is -2.30. The van der Waals surface area contributed by atoms with E-state index in [2.05, 4.69) is 4.90 Å². The van der Waals surface area contributed by atoms with Gasteiger partial charge in [0.1, 0.15) is 0 Å². The van der Waals surface area contributed by atoms with Gasteiger partial charge in [-0.05, 0) is 26.4 Å². The van der Waals surface area contributed by atoms with Gasteiger partial charge in [0.2, 0.25) is 0 Å². The quantitative estimate of drug-likeness (QED) is 0.666. The van der Waals surface area contributed by atoms with Crippen molar-refractivity contribution in [2.45, 2.75) is 33.2 Å². The van der Waals surface area contributed by atoms with Crippen molar-refractivity contribution in [3.05, 3.63) is 0 Å². The molecule has 0 heterocycles. The van der Waals surface area contributed by atoms with Crippen molar-refractivity contribution in [1.29, 1.82) is 0 Å². The van der Waals surface area contributed by atoms with E-state index in [9.17, 15) is 8.42 Å². The Morgan fingerprint density at radius 2 is 1.73 bits per heavy atom. The average molecular weight is 236 g/mol. The second-order valence-electron chi connectivity index (χ2n) is 3.94. The van der Waals surface area contributed by atoms with E-state index in [1.165, 1.54) is 0 Å². The predicted molar refractivity (Wildman–Crippen MR) is 64.7 cm³/mol. The van der Waals surface area contributed by atoms with Crippen molar-refractivity contribution in [2.75, 3.05) is 31.1 Å². The predicted octanol–water partition coefficient (Wildman–Crippen LogP) is 0.480. The summed E-state index contributed by atoms with van der Waals surface area (Å²) >= 11 is 0. The van der Waals surface area contributed by atoms with Gasteiger partial charge in [-0.25, -0.2) is 8.42 Å². The van der Waals surface area contributed by atoms with Crippen LogP contribution in [0.25, 0.3) is 0 Å². The number of hydrogen-bond acceptors (Lipinski definition) is 4. The molecule has 0 bridgehead atoms. The molecular formula is C10H24N2O2S. The fraction of sp³-hybridized carbons (Fsp3) is 1.00. The fourth-order valence-corrected chi connectivity index (χ4v) is 2.75. The van der Waals surface area contributed by atoms with Crippen molar-refractivity contribution < 1.29 is 8.42 Å². The highest BCUT2D eigenvalue weighted by atomic mass is 32.2. The van der Waals surface area contributed by atoms with Gasteiger partial charge in [-0.1, -0.05) is 13.8 Å². The van der Waals surface area contributed by atoms with E-state index in [1.54, 1.807) is 0 Å². The standard InChI is InChI=1S/C10H24N2O2S/c1-4-12(5-2)7-9-15(13,14)8-6-10(3)11/h10H,4-9,11H2,1-3H3. The topological polar surface area (TPSA) is 63.4 Å². The van der Waals surface area contributed by atoms with Crippen LogP contribution in [0.4, 0.5) is 0 Å². The van der Waals surface area contributed by atoms with Crippen LogP contribution in [0.5, 0.6) is 0 Å². The zero-order valence-corrected chi connectivity index (χ0v) is 10.9. The molecule has 0 aliphatic heterocycles. The van der Waals surface area contributed by atoms with Crippen LogP contribution in [0, 0.1) is 0 Å².